The molecular weight excluding hydrogens is 404 g/mol. The van der Waals surface area contributed by atoms with Crippen molar-refractivity contribution in [3.63, 3.8) is 0 Å². The lowest BCUT2D eigenvalue weighted by Crippen LogP contribution is -2.11. The fraction of sp³-hybridized carbons (Fsp3) is 0.250. The van der Waals surface area contributed by atoms with Gasteiger partial charge in [0.25, 0.3) is 0 Å². The smallest absolute Gasteiger partial charge is 0.238 e. The number of benzene rings is 1. The molecule has 4 rings (SSSR count). The van der Waals surface area contributed by atoms with E-state index in [4.69, 9.17) is 9.47 Å². The number of aryl methyl sites for hydroxylation is 2. The summed E-state index contributed by atoms with van der Waals surface area (Å²) in [5, 5.41) is 12.2. The number of rotatable bonds is 7. The van der Waals surface area contributed by atoms with Crippen molar-refractivity contribution in [1.29, 1.82) is 0 Å². The van der Waals surface area contributed by atoms with Crippen LogP contribution in [0.2, 0.25) is 0 Å². The van der Waals surface area contributed by atoms with Gasteiger partial charge in [0.1, 0.15) is 17.1 Å². The van der Waals surface area contributed by atoms with Crippen molar-refractivity contribution in [2.45, 2.75) is 26.8 Å². The monoisotopic (exact) mass is 430 g/mol. The number of hydrogen-bond acceptors (Lipinski definition) is 7. The fourth-order valence-corrected chi connectivity index (χ4v) is 3.54. The lowest BCUT2D eigenvalue weighted by molar-refractivity contribution is 0.396. The summed E-state index contributed by atoms with van der Waals surface area (Å²) in [5.41, 5.74) is 5.10. The Hall–Kier alpha value is -3.94. The molecule has 0 amide bonds. The van der Waals surface area contributed by atoms with E-state index in [1.807, 2.05) is 67.1 Å². The lowest BCUT2D eigenvalue weighted by Gasteiger charge is -2.18. The number of methoxy groups -OCH3 is 2. The van der Waals surface area contributed by atoms with Crippen LogP contribution in [0.5, 0.6) is 11.6 Å². The molecule has 1 unspecified atom stereocenters. The number of aromatic nitrogens is 5. The molecule has 0 radical (unpaired) electrons. The molecule has 0 spiro atoms. The van der Waals surface area contributed by atoms with Gasteiger partial charge in [0.05, 0.1) is 38.0 Å². The average Bonchev–Trinajstić information content (AvgIpc) is 3.25. The van der Waals surface area contributed by atoms with Crippen LogP contribution >= 0.6 is 0 Å². The van der Waals surface area contributed by atoms with Crippen molar-refractivity contribution in [1.82, 2.24) is 24.7 Å². The van der Waals surface area contributed by atoms with Crippen LogP contribution in [0.4, 0.5) is 5.82 Å². The van der Waals surface area contributed by atoms with E-state index in [9.17, 15) is 0 Å². The predicted octanol–water partition coefficient (Wildman–Crippen LogP) is 4.53. The number of pyridine rings is 1. The molecule has 0 aliphatic rings. The topological polar surface area (TPSA) is 87.0 Å². The first-order chi connectivity index (χ1) is 15.5. The highest BCUT2D eigenvalue weighted by atomic mass is 16.5. The first kappa shape index (κ1) is 21.3. The maximum absolute atomic E-state index is 5.52. The van der Waals surface area contributed by atoms with Crippen LogP contribution in [-0.2, 0) is 0 Å². The Balaban J connectivity index is 1.59. The SMILES string of the molecule is COc1ccccc1C(C)Nc1nnc(-c2ccc(-n3cnc(C)c3)c(OC)n2)cc1C. The standard InChI is InChI=1S/C24H26N6O2/c1-15-12-20(19-10-11-21(24(27-19)32-5)30-13-16(2)25-14-30)28-29-23(15)26-17(3)18-8-6-7-9-22(18)31-4/h6-14,17H,1-5H3,(H,26,29). The second-order valence-electron chi connectivity index (χ2n) is 7.52. The van der Waals surface area contributed by atoms with Gasteiger partial charge in [-0.1, -0.05) is 18.2 Å². The summed E-state index contributed by atoms with van der Waals surface area (Å²) >= 11 is 0. The number of imidazole rings is 1. The third-order valence-corrected chi connectivity index (χ3v) is 5.23. The molecule has 0 fully saturated rings. The fourth-order valence-electron chi connectivity index (χ4n) is 3.54. The second-order valence-corrected chi connectivity index (χ2v) is 7.52. The van der Waals surface area contributed by atoms with Gasteiger partial charge in [-0.15, -0.1) is 10.2 Å². The van der Waals surface area contributed by atoms with Crippen LogP contribution in [0.1, 0.15) is 29.8 Å². The largest absolute Gasteiger partial charge is 0.496 e. The van der Waals surface area contributed by atoms with Crippen LogP contribution in [0.25, 0.3) is 17.1 Å². The Kier molecular flexibility index (Phi) is 6.02. The summed E-state index contributed by atoms with van der Waals surface area (Å²) in [4.78, 5) is 8.91. The Bertz CT molecular complexity index is 1240. The lowest BCUT2D eigenvalue weighted by atomic mass is 10.1. The Morgan fingerprint density at radius 2 is 1.78 bits per heavy atom. The van der Waals surface area contributed by atoms with Gasteiger partial charge in [-0.2, -0.15) is 0 Å². The van der Waals surface area contributed by atoms with Crippen LogP contribution < -0.4 is 14.8 Å². The van der Waals surface area contributed by atoms with E-state index in [2.05, 4.69) is 32.4 Å². The molecule has 0 saturated heterocycles. The van der Waals surface area contributed by atoms with Gasteiger partial charge in [-0.3, -0.25) is 0 Å². The zero-order valence-corrected chi connectivity index (χ0v) is 18.8. The zero-order chi connectivity index (χ0) is 22.7. The highest BCUT2D eigenvalue weighted by Crippen LogP contribution is 2.29. The maximum Gasteiger partial charge on any atom is 0.238 e. The van der Waals surface area contributed by atoms with Crippen molar-refractivity contribution < 1.29 is 9.47 Å². The third kappa shape index (κ3) is 4.25. The predicted molar refractivity (Wildman–Crippen MR) is 123 cm³/mol. The van der Waals surface area contributed by atoms with Gasteiger partial charge < -0.3 is 19.4 Å². The van der Waals surface area contributed by atoms with Crippen molar-refractivity contribution in [3.8, 4) is 28.7 Å². The number of nitrogens with zero attached hydrogens (tertiary/aromatic N) is 5. The van der Waals surface area contributed by atoms with E-state index in [1.165, 1.54) is 0 Å². The Morgan fingerprint density at radius 3 is 2.47 bits per heavy atom. The number of hydrogen-bond donors (Lipinski definition) is 1. The minimum absolute atomic E-state index is 0.00105. The number of ether oxygens (including phenoxy) is 2. The van der Waals surface area contributed by atoms with Crippen LogP contribution in [-0.4, -0.2) is 39.0 Å². The Labute approximate surface area is 187 Å². The number of nitrogens with one attached hydrogen (secondary N) is 1. The van der Waals surface area contributed by atoms with E-state index < -0.39 is 0 Å². The van der Waals surface area contributed by atoms with Gasteiger partial charge in [0.2, 0.25) is 5.88 Å². The molecule has 0 bridgehead atoms. The summed E-state index contributed by atoms with van der Waals surface area (Å²) < 4.78 is 12.9. The summed E-state index contributed by atoms with van der Waals surface area (Å²) in [5.74, 6) is 2.04. The molecule has 164 valence electrons. The van der Waals surface area contributed by atoms with Crippen LogP contribution in [0, 0.1) is 13.8 Å². The Morgan fingerprint density at radius 1 is 0.969 bits per heavy atom. The van der Waals surface area contributed by atoms with E-state index in [0.29, 0.717) is 23.1 Å². The molecule has 1 aromatic carbocycles. The molecule has 0 aliphatic carbocycles. The second kappa shape index (κ2) is 9.05. The van der Waals surface area contributed by atoms with E-state index in [1.54, 1.807) is 20.5 Å². The summed E-state index contributed by atoms with van der Waals surface area (Å²) in [6.07, 6.45) is 3.66. The first-order valence-corrected chi connectivity index (χ1v) is 10.3. The molecule has 32 heavy (non-hydrogen) atoms. The highest BCUT2D eigenvalue weighted by molar-refractivity contribution is 5.61. The molecule has 0 saturated carbocycles. The van der Waals surface area contributed by atoms with Crippen molar-refractivity contribution >= 4 is 5.82 Å². The zero-order valence-electron chi connectivity index (χ0n) is 18.8. The molecule has 8 nitrogen and oxygen atoms in total. The first-order valence-electron chi connectivity index (χ1n) is 10.3. The summed E-state index contributed by atoms with van der Waals surface area (Å²) in [6, 6.07) is 13.7. The van der Waals surface area contributed by atoms with Gasteiger partial charge in [0, 0.05) is 11.8 Å². The van der Waals surface area contributed by atoms with E-state index >= 15 is 0 Å². The summed E-state index contributed by atoms with van der Waals surface area (Å²) in [6.45, 7) is 6.00. The number of anilines is 1. The molecule has 8 heteroatoms. The van der Waals surface area contributed by atoms with Crippen LogP contribution in [0.3, 0.4) is 0 Å². The third-order valence-electron chi connectivity index (χ3n) is 5.23. The number of para-hydroxylation sites is 1. The average molecular weight is 431 g/mol. The molecule has 3 heterocycles. The van der Waals surface area contributed by atoms with Crippen LogP contribution in [0.15, 0.2) is 55.0 Å². The molecular formula is C24H26N6O2. The molecule has 1 atom stereocenters. The summed E-state index contributed by atoms with van der Waals surface area (Å²) in [7, 11) is 3.27. The van der Waals surface area contributed by atoms with Gasteiger partial charge in [-0.05, 0) is 50.6 Å². The van der Waals surface area contributed by atoms with Gasteiger partial charge in [0.15, 0.2) is 5.82 Å². The maximum atomic E-state index is 5.52. The van der Waals surface area contributed by atoms with Crippen molar-refractivity contribution in [3.05, 3.63) is 71.8 Å². The highest BCUT2D eigenvalue weighted by Gasteiger charge is 2.15. The quantitative estimate of drug-likeness (QED) is 0.461. The minimum atomic E-state index is 0.00105. The van der Waals surface area contributed by atoms with E-state index in [0.717, 1.165) is 28.3 Å². The molecule has 4 aromatic rings. The van der Waals surface area contributed by atoms with E-state index in [-0.39, 0.29) is 6.04 Å². The normalized spacial score (nSPS) is 11.8. The molecule has 0 aliphatic heterocycles. The molecule has 3 aromatic heterocycles. The van der Waals surface area contributed by atoms with Gasteiger partial charge >= 0.3 is 0 Å². The van der Waals surface area contributed by atoms with Gasteiger partial charge in [-0.25, -0.2) is 9.97 Å². The van der Waals surface area contributed by atoms with Crippen molar-refractivity contribution in [2.75, 3.05) is 19.5 Å². The minimum Gasteiger partial charge on any atom is -0.496 e. The van der Waals surface area contributed by atoms with Crippen molar-refractivity contribution in [2.24, 2.45) is 0 Å². The molecule has 1 N–H and O–H groups in total.